The number of ether oxygens (including phenoxy) is 3. The molecule has 4 rings (SSSR count). The van der Waals surface area contributed by atoms with E-state index in [9.17, 15) is 9.59 Å². The molecule has 1 aliphatic heterocycles. The molecule has 3 aromatic rings. The fourth-order valence-corrected chi connectivity index (χ4v) is 4.53. The van der Waals surface area contributed by atoms with E-state index >= 15 is 0 Å². The summed E-state index contributed by atoms with van der Waals surface area (Å²) in [5.41, 5.74) is 9.47. The van der Waals surface area contributed by atoms with Gasteiger partial charge in [0.2, 0.25) is 0 Å². The summed E-state index contributed by atoms with van der Waals surface area (Å²) in [5.74, 6) is 0.103. The van der Waals surface area contributed by atoms with Crippen molar-refractivity contribution in [1.29, 1.82) is 5.41 Å². The Bertz CT molecular complexity index is 1230. The maximum Gasteiger partial charge on any atom is 0.331 e. The first-order chi connectivity index (χ1) is 18.4. The quantitative estimate of drug-likeness (QED) is 0.215. The molecule has 1 saturated heterocycles. The zero-order valence-electron chi connectivity index (χ0n) is 21.5. The number of amidine groups is 1. The van der Waals surface area contributed by atoms with E-state index in [0.29, 0.717) is 30.9 Å². The van der Waals surface area contributed by atoms with Crippen LogP contribution in [-0.2, 0) is 25.5 Å². The minimum atomic E-state index is -0.695. The van der Waals surface area contributed by atoms with Crippen LogP contribution in [0.4, 0.5) is 0 Å². The van der Waals surface area contributed by atoms with Gasteiger partial charge in [-0.15, -0.1) is 0 Å². The normalized spacial score (nSPS) is 16.9. The van der Waals surface area contributed by atoms with Crippen molar-refractivity contribution in [1.82, 2.24) is 4.90 Å². The molecule has 0 aliphatic carbocycles. The molecule has 198 valence electrons. The van der Waals surface area contributed by atoms with Gasteiger partial charge in [0.25, 0.3) is 5.91 Å². The summed E-state index contributed by atoms with van der Waals surface area (Å²) in [7, 11) is 1.29. The molecule has 0 aromatic heterocycles. The monoisotopic (exact) mass is 515 g/mol. The number of nitrogens with zero attached hydrogens (tertiary/aromatic N) is 1. The van der Waals surface area contributed by atoms with Crippen LogP contribution in [0.2, 0.25) is 0 Å². The number of carbonyl (C=O) groups is 2. The molecule has 0 spiro atoms. The number of rotatable bonds is 12. The van der Waals surface area contributed by atoms with Gasteiger partial charge < -0.3 is 24.8 Å². The largest absolute Gasteiger partial charge is 0.491 e. The van der Waals surface area contributed by atoms with E-state index in [2.05, 4.69) is 16.9 Å². The van der Waals surface area contributed by atoms with Crippen molar-refractivity contribution in [3.05, 3.63) is 90.0 Å². The molecule has 2 atom stereocenters. The summed E-state index contributed by atoms with van der Waals surface area (Å²) >= 11 is 0. The van der Waals surface area contributed by atoms with Crippen LogP contribution in [0.5, 0.6) is 5.75 Å². The Balaban J connectivity index is 1.37. The topological polar surface area (TPSA) is 115 Å². The highest BCUT2D eigenvalue weighted by Crippen LogP contribution is 2.26. The van der Waals surface area contributed by atoms with E-state index in [4.69, 9.17) is 20.6 Å². The van der Waals surface area contributed by atoms with Gasteiger partial charge in [-0.1, -0.05) is 66.7 Å². The number of carbonyl (C=O) groups excluding carboxylic acids is 2. The average Bonchev–Trinajstić information content (AvgIpc) is 3.25. The number of likely N-dealkylation sites (tertiary alicyclic amines) is 1. The molecule has 0 bridgehead atoms. The van der Waals surface area contributed by atoms with Crippen LogP contribution >= 0.6 is 0 Å². The lowest BCUT2D eigenvalue weighted by Gasteiger charge is -2.24. The molecular formula is C30H33N3O5. The van der Waals surface area contributed by atoms with Crippen molar-refractivity contribution in [3.8, 4) is 16.9 Å². The molecular weight excluding hydrogens is 482 g/mol. The molecule has 3 N–H and O–H groups in total. The number of nitrogen functional groups attached to an aromatic ring is 1. The van der Waals surface area contributed by atoms with Crippen molar-refractivity contribution < 1.29 is 23.8 Å². The third-order valence-corrected chi connectivity index (χ3v) is 6.65. The SMILES string of the molecule is COC(=O)CO[C@@H]1C[C@@H](COc2ccc(-c3ccc(C(=N)N)cc3)cc2)N(CCCc2ccccc2)C1=O. The third-order valence-electron chi connectivity index (χ3n) is 6.65. The second-order valence-electron chi connectivity index (χ2n) is 9.21. The van der Waals surface area contributed by atoms with Gasteiger partial charge >= 0.3 is 5.97 Å². The van der Waals surface area contributed by atoms with Gasteiger partial charge in [0.1, 0.15) is 30.9 Å². The lowest BCUT2D eigenvalue weighted by molar-refractivity contribution is -0.151. The van der Waals surface area contributed by atoms with Gasteiger partial charge in [0, 0.05) is 18.5 Å². The molecule has 0 unspecified atom stereocenters. The lowest BCUT2D eigenvalue weighted by Crippen LogP contribution is -2.39. The molecule has 38 heavy (non-hydrogen) atoms. The number of nitrogens with two attached hydrogens (primary N) is 1. The Labute approximate surface area is 222 Å². The number of methoxy groups -OCH3 is 1. The number of hydrogen-bond donors (Lipinski definition) is 2. The highest BCUT2D eigenvalue weighted by atomic mass is 16.6. The van der Waals surface area contributed by atoms with E-state index < -0.39 is 12.1 Å². The van der Waals surface area contributed by atoms with Crippen LogP contribution < -0.4 is 10.5 Å². The van der Waals surface area contributed by atoms with Gasteiger partial charge in [0.15, 0.2) is 0 Å². The van der Waals surface area contributed by atoms with Gasteiger partial charge in [-0.3, -0.25) is 10.2 Å². The molecule has 0 saturated carbocycles. The standard InChI is InChI=1S/C30H33N3O5/c1-36-28(34)20-38-27-18-25(33(30(27)35)17-5-8-21-6-3-2-4-7-21)19-37-26-15-13-23(14-16-26)22-9-11-24(12-10-22)29(31)32/h2-4,6-7,9-16,25,27H,5,8,17-20H2,1H3,(H3,31,32)/t25-,27+/m0/s1. The first kappa shape index (κ1) is 26.9. The zero-order valence-corrected chi connectivity index (χ0v) is 21.5. The van der Waals surface area contributed by atoms with Gasteiger partial charge in [-0.25, -0.2) is 4.79 Å². The lowest BCUT2D eigenvalue weighted by atomic mass is 10.0. The van der Waals surface area contributed by atoms with Gasteiger partial charge in [-0.2, -0.15) is 0 Å². The van der Waals surface area contributed by atoms with Crippen LogP contribution in [0.25, 0.3) is 11.1 Å². The zero-order chi connectivity index (χ0) is 26.9. The van der Waals surface area contributed by atoms with Gasteiger partial charge in [-0.05, 0) is 41.7 Å². The van der Waals surface area contributed by atoms with Gasteiger partial charge in [0.05, 0.1) is 13.2 Å². The minimum Gasteiger partial charge on any atom is -0.491 e. The molecule has 1 fully saturated rings. The summed E-state index contributed by atoms with van der Waals surface area (Å²) in [6.45, 7) is 0.643. The number of amides is 1. The van der Waals surface area contributed by atoms with E-state index in [0.717, 1.165) is 24.0 Å². The van der Waals surface area contributed by atoms with Crippen molar-refractivity contribution in [2.75, 3.05) is 26.9 Å². The van der Waals surface area contributed by atoms with Crippen LogP contribution in [0.15, 0.2) is 78.9 Å². The highest BCUT2D eigenvalue weighted by Gasteiger charge is 2.40. The summed E-state index contributed by atoms with van der Waals surface area (Å²) in [5, 5.41) is 7.53. The Morgan fingerprint density at radius 1 is 1.00 bits per heavy atom. The fourth-order valence-electron chi connectivity index (χ4n) is 4.53. The Hall–Kier alpha value is -4.17. The van der Waals surface area contributed by atoms with E-state index in [1.165, 1.54) is 12.7 Å². The first-order valence-electron chi connectivity index (χ1n) is 12.6. The smallest absolute Gasteiger partial charge is 0.331 e. The molecule has 1 amide bonds. The fraction of sp³-hybridized carbons (Fsp3) is 0.300. The molecule has 3 aromatic carbocycles. The molecule has 1 heterocycles. The summed E-state index contributed by atoms with van der Waals surface area (Å²) in [4.78, 5) is 26.5. The van der Waals surface area contributed by atoms with Crippen LogP contribution in [0.1, 0.15) is 24.0 Å². The predicted molar refractivity (Wildman–Crippen MR) is 145 cm³/mol. The number of nitrogens with one attached hydrogen (secondary N) is 1. The maximum atomic E-state index is 13.1. The molecule has 1 aliphatic rings. The molecule has 8 heteroatoms. The summed E-state index contributed by atoms with van der Waals surface area (Å²) in [6.07, 6.45) is 1.43. The maximum absolute atomic E-state index is 13.1. The van der Waals surface area contributed by atoms with E-state index in [1.54, 1.807) is 0 Å². The number of aryl methyl sites for hydroxylation is 1. The molecule has 0 radical (unpaired) electrons. The van der Waals surface area contributed by atoms with Crippen molar-refractivity contribution in [2.24, 2.45) is 5.73 Å². The molecule has 8 nitrogen and oxygen atoms in total. The predicted octanol–water partition coefficient (Wildman–Crippen LogP) is 3.81. The van der Waals surface area contributed by atoms with Crippen LogP contribution in [0, 0.1) is 5.41 Å². The Morgan fingerprint density at radius 3 is 2.29 bits per heavy atom. The summed E-state index contributed by atoms with van der Waals surface area (Å²) in [6, 6.07) is 25.2. The van der Waals surface area contributed by atoms with E-state index in [1.807, 2.05) is 71.6 Å². The second-order valence-corrected chi connectivity index (χ2v) is 9.21. The Kier molecular flexibility index (Phi) is 9.11. The second kappa shape index (κ2) is 12.9. The van der Waals surface area contributed by atoms with Crippen LogP contribution in [-0.4, -0.2) is 61.6 Å². The number of hydrogen-bond acceptors (Lipinski definition) is 6. The third kappa shape index (κ3) is 6.98. The number of esters is 1. The van der Waals surface area contributed by atoms with Crippen LogP contribution in [0.3, 0.4) is 0 Å². The highest BCUT2D eigenvalue weighted by molar-refractivity contribution is 5.95. The van der Waals surface area contributed by atoms with Crippen molar-refractivity contribution >= 4 is 17.7 Å². The number of benzene rings is 3. The summed E-state index contributed by atoms with van der Waals surface area (Å²) < 4.78 is 16.3. The first-order valence-corrected chi connectivity index (χ1v) is 12.6. The van der Waals surface area contributed by atoms with Crippen molar-refractivity contribution in [2.45, 2.75) is 31.4 Å². The minimum absolute atomic E-state index is 0.0396. The average molecular weight is 516 g/mol. The Morgan fingerprint density at radius 2 is 1.66 bits per heavy atom. The van der Waals surface area contributed by atoms with E-state index in [-0.39, 0.29) is 24.4 Å². The van der Waals surface area contributed by atoms with Crippen molar-refractivity contribution in [3.63, 3.8) is 0 Å².